The Hall–Kier alpha value is -2.70. The van der Waals surface area contributed by atoms with E-state index in [-0.39, 0.29) is 24.6 Å². The number of nitrogens with one attached hydrogen (secondary N) is 2. The van der Waals surface area contributed by atoms with E-state index >= 15 is 0 Å². The van der Waals surface area contributed by atoms with Gasteiger partial charge in [0.05, 0.1) is 5.56 Å². The number of benzene rings is 2. The third kappa shape index (κ3) is 5.41. The molecule has 0 atom stereocenters. The van der Waals surface area contributed by atoms with Gasteiger partial charge in [0, 0.05) is 44.1 Å². The Kier molecular flexibility index (Phi) is 5.90. The van der Waals surface area contributed by atoms with Crippen molar-refractivity contribution in [1.82, 2.24) is 0 Å². The van der Waals surface area contributed by atoms with Crippen LogP contribution in [0.4, 0.5) is 30.2 Å². The molecule has 0 fully saturated rings. The molecule has 0 bridgehead atoms. The molecule has 134 valence electrons. The lowest BCUT2D eigenvalue weighted by Gasteiger charge is -2.14. The first-order valence-corrected chi connectivity index (χ1v) is 7.74. The zero-order valence-electron chi connectivity index (χ0n) is 14.0. The van der Waals surface area contributed by atoms with Gasteiger partial charge in [-0.3, -0.25) is 4.79 Å². The molecular weight excluding hydrogens is 331 g/mol. The zero-order chi connectivity index (χ0) is 18.4. The number of nitrogens with zero attached hydrogens (tertiary/aromatic N) is 1. The highest BCUT2D eigenvalue weighted by Gasteiger charge is 2.32. The highest BCUT2D eigenvalue weighted by Crippen LogP contribution is 2.34. The Balaban J connectivity index is 1.87. The quantitative estimate of drug-likeness (QED) is 0.819. The van der Waals surface area contributed by atoms with Crippen molar-refractivity contribution in [1.29, 1.82) is 0 Å². The van der Waals surface area contributed by atoms with Gasteiger partial charge >= 0.3 is 6.18 Å². The summed E-state index contributed by atoms with van der Waals surface area (Å²) in [6.45, 7) is 0.106. The molecule has 2 aromatic rings. The van der Waals surface area contributed by atoms with Crippen LogP contribution in [0.1, 0.15) is 12.0 Å². The number of hydrogen-bond acceptors (Lipinski definition) is 3. The maximum Gasteiger partial charge on any atom is 0.418 e. The Bertz CT molecular complexity index is 712. The maximum atomic E-state index is 12.9. The van der Waals surface area contributed by atoms with Crippen LogP contribution < -0.4 is 15.5 Å². The van der Waals surface area contributed by atoms with Crippen molar-refractivity contribution >= 4 is 23.0 Å². The van der Waals surface area contributed by atoms with Crippen LogP contribution in [0.5, 0.6) is 0 Å². The molecule has 0 spiro atoms. The third-order valence-electron chi connectivity index (χ3n) is 3.57. The van der Waals surface area contributed by atoms with E-state index in [9.17, 15) is 18.0 Å². The van der Waals surface area contributed by atoms with E-state index in [1.165, 1.54) is 18.2 Å². The normalized spacial score (nSPS) is 11.1. The fourth-order valence-electron chi connectivity index (χ4n) is 2.26. The molecule has 0 heterocycles. The summed E-state index contributed by atoms with van der Waals surface area (Å²) in [5, 5.41) is 5.39. The van der Waals surface area contributed by atoms with Crippen molar-refractivity contribution in [2.24, 2.45) is 0 Å². The SMILES string of the molecule is CN(C)c1ccc(NC(=O)CCNc2ccccc2C(F)(F)F)cc1. The predicted octanol–water partition coefficient (Wildman–Crippen LogP) is 4.21. The second kappa shape index (κ2) is 7.92. The van der Waals surface area contributed by atoms with Crippen LogP contribution in [0.3, 0.4) is 0 Å². The Morgan fingerprint density at radius 1 is 1.04 bits per heavy atom. The first kappa shape index (κ1) is 18.6. The minimum Gasteiger partial charge on any atom is -0.384 e. The van der Waals surface area contributed by atoms with E-state index in [2.05, 4.69) is 10.6 Å². The molecule has 0 saturated heterocycles. The van der Waals surface area contributed by atoms with Crippen molar-refractivity contribution in [2.75, 3.05) is 36.2 Å². The predicted molar refractivity (Wildman–Crippen MR) is 93.9 cm³/mol. The molecule has 7 heteroatoms. The van der Waals surface area contributed by atoms with Crippen LogP contribution in [0.25, 0.3) is 0 Å². The highest BCUT2D eigenvalue weighted by atomic mass is 19.4. The minimum atomic E-state index is -4.43. The molecular formula is C18H20F3N3O. The van der Waals surface area contributed by atoms with Crippen molar-refractivity contribution in [3.05, 3.63) is 54.1 Å². The van der Waals surface area contributed by atoms with Crippen LogP contribution in [-0.2, 0) is 11.0 Å². The molecule has 0 saturated carbocycles. The van der Waals surface area contributed by atoms with Crippen LogP contribution >= 0.6 is 0 Å². The molecule has 0 aliphatic rings. The third-order valence-corrected chi connectivity index (χ3v) is 3.57. The summed E-state index contributed by atoms with van der Waals surface area (Å²) in [6.07, 6.45) is -4.37. The molecule has 2 N–H and O–H groups in total. The van der Waals surface area contributed by atoms with Crippen LogP contribution in [0.2, 0.25) is 0 Å². The van der Waals surface area contributed by atoms with Gasteiger partial charge in [-0.25, -0.2) is 0 Å². The number of alkyl halides is 3. The van der Waals surface area contributed by atoms with E-state index in [0.29, 0.717) is 5.69 Å². The van der Waals surface area contributed by atoms with E-state index in [1.807, 2.05) is 31.1 Å². The first-order chi connectivity index (χ1) is 11.8. The van der Waals surface area contributed by atoms with Crippen LogP contribution in [0, 0.1) is 0 Å². The number of anilines is 3. The molecule has 1 amide bonds. The molecule has 2 rings (SSSR count). The van der Waals surface area contributed by atoms with Gasteiger partial charge in [-0.2, -0.15) is 13.2 Å². The summed E-state index contributed by atoms with van der Waals surface area (Å²) in [6, 6.07) is 12.5. The van der Waals surface area contributed by atoms with Gasteiger partial charge < -0.3 is 15.5 Å². The largest absolute Gasteiger partial charge is 0.418 e. The Morgan fingerprint density at radius 3 is 2.28 bits per heavy atom. The van der Waals surface area contributed by atoms with Gasteiger partial charge in [-0.15, -0.1) is 0 Å². The number of hydrogen-bond donors (Lipinski definition) is 2. The van der Waals surface area contributed by atoms with Gasteiger partial charge in [-0.1, -0.05) is 12.1 Å². The molecule has 0 aliphatic carbocycles. The number of carbonyl (C=O) groups excluding carboxylic acids is 1. The number of rotatable bonds is 6. The van der Waals surface area contributed by atoms with E-state index in [0.717, 1.165) is 11.8 Å². The van der Waals surface area contributed by atoms with Crippen molar-refractivity contribution in [2.45, 2.75) is 12.6 Å². The average molecular weight is 351 g/mol. The van der Waals surface area contributed by atoms with Gasteiger partial charge in [0.25, 0.3) is 0 Å². The molecule has 0 unspecified atom stereocenters. The summed E-state index contributed by atoms with van der Waals surface area (Å²) < 4.78 is 38.7. The van der Waals surface area contributed by atoms with Crippen molar-refractivity contribution in [3.8, 4) is 0 Å². The average Bonchev–Trinajstić information content (AvgIpc) is 2.55. The lowest BCUT2D eigenvalue weighted by Crippen LogP contribution is -2.18. The fourth-order valence-corrected chi connectivity index (χ4v) is 2.26. The first-order valence-electron chi connectivity index (χ1n) is 7.74. The zero-order valence-corrected chi connectivity index (χ0v) is 14.0. The second-order valence-corrected chi connectivity index (χ2v) is 5.71. The molecule has 0 aromatic heterocycles. The summed E-state index contributed by atoms with van der Waals surface area (Å²) in [5.74, 6) is -0.269. The summed E-state index contributed by atoms with van der Waals surface area (Å²) in [4.78, 5) is 13.9. The number of halogens is 3. The number of amides is 1. The van der Waals surface area contributed by atoms with Crippen LogP contribution in [0.15, 0.2) is 48.5 Å². The monoisotopic (exact) mass is 351 g/mol. The number of carbonyl (C=O) groups is 1. The Morgan fingerprint density at radius 2 is 1.68 bits per heavy atom. The summed E-state index contributed by atoms with van der Waals surface area (Å²) in [5.41, 5.74) is 0.877. The minimum absolute atomic E-state index is 0.0295. The van der Waals surface area contributed by atoms with Gasteiger partial charge in [0.1, 0.15) is 0 Å². The lowest BCUT2D eigenvalue weighted by atomic mass is 10.1. The molecule has 0 radical (unpaired) electrons. The topological polar surface area (TPSA) is 44.4 Å². The maximum absolute atomic E-state index is 12.9. The smallest absolute Gasteiger partial charge is 0.384 e. The lowest BCUT2D eigenvalue weighted by molar-refractivity contribution is -0.137. The Labute approximate surface area is 144 Å². The van der Waals surface area contributed by atoms with E-state index in [1.54, 1.807) is 12.1 Å². The van der Waals surface area contributed by atoms with Crippen LogP contribution in [-0.4, -0.2) is 26.5 Å². The van der Waals surface area contributed by atoms with Crippen molar-refractivity contribution in [3.63, 3.8) is 0 Å². The van der Waals surface area contributed by atoms with Crippen molar-refractivity contribution < 1.29 is 18.0 Å². The summed E-state index contributed by atoms with van der Waals surface area (Å²) in [7, 11) is 3.83. The highest BCUT2D eigenvalue weighted by molar-refractivity contribution is 5.91. The summed E-state index contributed by atoms with van der Waals surface area (Å²) >= 11 is 0. The van der Waals surface area contributed by atoms with Gasteiger partial charge in [0.2, 0.25) is 5.91 Å². The second-order valence-electron chi connectivity index (χ2n) is 5.71. The number of para-hydroxylation sites is 1. The van der Waals surface area contributed by atoms with E-state index < -0.39 is 11.7 Å². The molecule has 2 aromatic carbocycles. The van der Waals surface area contributed by atoms with Gasteiger partial charge in [0.15, 0.2) is 0 Å². The molecule has 0 aliphatic heterocycles. The van der Waals surface area contributed by atoms with E-state index in [4.69, 9.17) is 0 Å². The molecule has 4 nitrogen and oxygen atoms in total. The fraction of sp³-hybridized carbons (Fsp3) is 0.278. The standard InChI is InChI=1S/C18H20F3N3O/c1-24(2)14-9-7-13(8-10-14)23-17(25)11-12-22-16-6-4-3-5-15(16)18(19,20)21/h3-10,22H,11-12H2,1-2H3,(H,23,25). The van der Waals surface area contributed by atoms with Gasteiger partial charge in [-0.05, 0) is 36.4 Å². The molecule has 25 heavy (non-hydrogen) atoms.